The molecule has 0 aliphatic carbocycles. The molecule has 0 amide bonds. The number of aryl methyl sites for hydroxylation is 1. The molecule has 0 atom stereocenters. The zero-order valence-electron chi connectivity index (χ0n) is 10.7. The first-order chi connectivity index (χ1) is 9.63. The molecule has 0 saturated heterocycles. The molecule has 0 saturated carbocycles. The number of nitrogens with zero attached hydrogens (tertiary/aromatic N) is 2. The molecular formula is C15H11ClN2OS. The molecule has 1 aromatic heterocycles. The van der Waals surface area contributed by atoms with Crippen LogP contribution in [0.15, 0.2) is 52.4 Å². The number of fused-ring (bicyclic) bond motifs is 1. The van der Waals surface area contributed by atoms with E-state index in [9.17, 15) is 4.79 Å². The predicted molar refractivity (Wildman–Crippen MR) is 85.3 cm³/mol. The Bertz CT molecular complexity index is 846. The second-order valence-electron chi connectivity index (χ2n) is 4.47. The summed E-state index contributed by atoms with van der Waals surface area (Å²) in [6.07, 6.45) is 1.65. The van der Waals surface area contributed by atoms with Crippen molar-refractivity contribution in [2.24, 2.45) is 5.10 Å². The fraction of sp³-hybridized carbons (Fsp3) is 0.0667. The molecule has 0 fully saturated rings. The van der Waals surface area contributed by atoms with E-state index in [1.54, 1.807) is 18.3 Å². The fourth-order valence-electron chi connectivity index (χ4n) is 1.87. The summed E-state index contributed by atoms with van der Waals surface area (Å²) < 4.78 is 2.34. The number of hydrogen-bond donors (Lipinski definition) is 0. The lowest BCUT2D eigenvalue weighted by Gasteiger charge is -1.92. The van der Waals surface area contributed by atoms with Crippen molar-refractivity contribution < 1.29 is 0 Å². The molecule has 0 bridgehead atoms. The number of benzene rings is 2. The molecule has 3 rings (SSSR count). The number of rotatable bonds is 2. The Morgan fingerprint density at radius 2 is 1.95 bits per heavy atom. The van der Waals surface area contributed by atoms with Crippen LogP contribution in [0.1, 0.15) is 11.1 Å². The monoisotopic (exact) mass is 302 g/mol. The molecule has 1 heterocycles. The van der Waals surface area contributed by atoms with Gasteiger partial charge in [0.1, 0.15) is 0 Å². The minimum absolute atomic E-state index is 0.0843. The zero-order chi connectivity index (χ0) is 14.1. The first-order valence-electron chi connectivity index (χ1n) is 6.06. The van der Waals surface area contributed by atoms with Gasteiger partial charge in [-0.25, -0.2) is 0 Å². The minimum Gasteiger partial charge on any atom is -0.266 e. The molecule has 0 aliphatic heterocycles. The summed E-state index contributed by atoms with van der Waals surface area (Å²) in [6, 6.07) is 13.1. The highest BCUT2D eigenvalue weighted by molar-refractivity contribution is 7.13. The third-order valence-corrected chi connectivity index (χ3v) is 4.14. The molecule has 0 radical (unpaired) electrons. The lowest BCUT2D eigenvalue weighted by atomic mass is 10.2. The van der Waals surface area contributed by atoms with Crippen LogP contribution >= 0.6 is 23.1 Å². The molecular weight excluding hydrogens is 292 g/mol. The average Bonchev–Trinajstić information content (AvgIpc) is 2.75. The molecule has 0 spiro atoms. The Morgan fingerprint density at radius 1 is 1.20 bits per heavy atom. The van der Waals surface area contributed by atoms with Crippen molar-refractivity contribution in [1.29, 1.82) is 0 Å². The summed E-state index contributed by atoms with van der Waals surface area (Å²) in [5.41, 5.74) is 1.88. The summed E-state index contributed by atoms with van der Waals surface area (Å²) >= 11 is 7.16. The molecule has 5 heteroatoms. The van der Waals surface area contributed by atoms with Gasteiger partial charge in [-0.1, -0.05) is 35.4 Å². The van der Waals surface area contributed by atoms with Gasteiger partial charge in [0, 0.05) is 5.02 Å². The lowest BCUT2D eigenvalue weighted by Crippen LogP contribution is -2.08. The maximum Gasteiger partial charge on any atom is 0.289 e. The van der Waals surface area contributed by atoms with Gasteiger partial charge >= 0.3 is 0 Å². The topological polar surface area (TPSA) is 34.4 Å². The first kappa shape index (κ1) is 13.1. The Hall–Kier alpha value is -1.91. The van der Waals surface area contributed by atoms with Gasteiger partial charge < -0.3 is 0 Å². The fourth-order valence-corrected chi connectivity index (χ4v) is 2.83. The van der Waals surface area contributed by atoms with E-state index >= 15 is 0 Å². The van der Waals surface area contributed by atoms with E-state index < -0.39 is 0 Å². The Labute approximate surface area is 124 Å². The lowest BCUT2D eigenvalue weighted by molar-refractivity contribution is 0.953. The minimum atomic E-state index is -0.0843. The molecule has 0 unspecified atom stereocenters. The van der Waals surface area contributed by atoms with E-state index in [2.05, 4.69) is 5.10 Å². The van der Waals surface area contributed by atoms with E-state index in [4.69, 9.17) is 11.6 Å². The van der Waals surface area contributed by atoms with Crippen LogP contribution in [0.5, 0.6) is 0 Å². The van der Waals surface area contributed by atoms with Crippen LogP contribution in [-0.4, -0.2) is 10.3 Å². The maximum atomic E-state index is 12.2. The summed E-state index contributed by atoms with van der Waals surface area (Å²) in [5, 5.41) is 5.62. The van der Waals surface area contributed by atoms with Gasteiger partial charge in [0.25, 0.3) is 5.56 Å². The van der Waals surface area contributed by atoms with Gasteiger partial charge in [0.05, 0.1) is 16.3 Å². The Balaban J connectivity index is 2.00. The van der Waals surface area contributed by atoms with Gasteiger partial charge in [-0.15, -0.1) is 4.07 Å². The molecule has 3 aromatic rings. The van der Waals surface area contributed by atoms with Crippen LogP contribution in [0.4, 0.5) is 0 Å². The van der Waals surface area contributed by atoms with Crippen LogP contribution in [0.3, 0.4) is 0 Å². The average molecular weight is 303 g/mol. The smallest absolute Gasteiger partial charge is 0.266 e. The van der Waals surface area contributed by atoms with Crippen LogP contribution in [0.25, 0.3) is 10.1 Å². The van der Waals surface area contributed by atoms with Gasteiger partial charge in [0.15, 0.2) is 0 Å². The highest BCUT2D eigenvalue weighted by Gasteiger charge is 2.06. The molecule has 3 nitrogen and oxygen atoms in total. The van der Waals surface area contributed by atoms with Crippen molar-refractivity contribution in [3.8, 4) is 0 Å². The molecule has 0 N–H and O–H groups in total. The molecule has 0 aliphatic rings. The van der Waals surface area contributed by atoms with Crippen molar-refractivity contribution in [2.45, 2.75) is 6.92 Å². The van der Waals surface area contributed by atoms with Crippen LogP contribution < -0.4 is 5.56 Å². The Kier molecular flexibility index (Phi) is 3.42. The van der Waals surface area contributed by atoms with Crippen molar-refractivity contribution in [2.75, 3.05) is 0 Å². The third-order valence-electron chi connectivity index (χ3n) is 2.91. The van der Waals surface area contributed by atoms with Crippen molar-refractivity contribution in [1.82, 2.24) is 4.07 Å². The van der Waals surface area contributed by atoms with Crippen LogP contribution in [0.2, 0.25) is 5.02 Å². The third kappa shape index (κ3) is 2.53. The van der Waals surface area contributed by atoms with E-state index in [0.29, 0.717) is 10.4 Å². The van der Waals surface area contributed by atoms with Gasteiger partial charge in [0.2, 0.25) is 0 Å². The van der Waals surface area contributed by atoms with Gasteiger partial charge in [-0.3, -0.25) is 4.79 Å². The maximum absolute atomic E-state index is 12.2. The molecule has 2 aromatic carbocycles. The van der Waals surface area contributed by atoms with E-state index in [1.807, 2.05) is 37.3 Å². The Morgan fingerprint density at radius 3 is 2.70 bits per heavy atom. The van der Waals surface area contributed by atoms with Crippen molar-refractivity contribution in [3.63, 3.8) is 0 Å². The number of halogens is 1. The zero-order valence-corrected chi connectivity index (χ0v) is 12.3. The first-order valence-corrected chi connectivity index (χ1v) is 7.21. The van der Waals surface area contributed by atoms with E-state index in [-0.39, 0.29) is 5.56 Å². The number of hydrogen-bond acceptors (Lipinski definition) is 3. The quantitative estimate of drug-likeness (QED) is 0.661. The summed E-state index contributed by atoms with van der Waals surface area (Å²) in [6.45, 7) is 1.97. The highest BCUT2D eigenvalue weighted by atomic mass is 35.5. The van der Waals surface area contributed by atoms with Gasteiger partial charge in [-0.2, -0.15) is 5.10 Å². The van der Waals surface area contributed by atoms with Gasteiger partial charge in [-0.05, 0) is 48.3 Å². The molecule has 20 heavy (non-hydrogen) atoms. The molecule has 100 valence electrons. The van der Waals surface area contributed by atoms with Crippen molar-refractivity contribution >= 4 is 39.4 Å². The van der Waals surface area contributed by atoms with E-state index in [1.165, 1.54) is 15.6 Å². The summed E-state index contributed by atoms with van der Waals surface area (Å²) in [7, 11) is 0. The standard InChI is InChI=1S/C15H11ClN2OS/c1-10-2-7-14-13(8-10)15(19)18(20-14)17-9-11-3-5-12(16)6-4-11/h2-9H,1H3/b17-9+. The van der Waals surface area contributed by atoms with E-state index in [0.717, 1.165) is 15.8 Å². The van der Waals surface area contributed by atoms with Crippen LogP contribution in [-0.2, 0) is 0 Å². The highest BCUT2D eigenvalue weighted by Crippen LogP contribution is 2.17. The number of aromatic nitrogens is 1. The summed E-state index contributed by atoms with van der Waals surface area (Å²) in [4.78, 5) is 12.2. The predicted octanol–water partition coefficient (Wildman–Crippen LogP) is 3.91. The SMILES string of the molecule is Cc1ccc2sn(/N=C/c3ccc(Cl)cc3)c(=O)c2c1. The van der Waals surface area contributed by atoms with Crippen LogP contribution in [0, 0.1) is 6.92 Å². The second-order valence-corrected chi connectivity index (χ2v) is 5.87. The largest absolute Gasteiger partial charge is 0.289 e. The summed E-state index contributed by atoms with van der Waals surface area (Å²) in [5.74, 6) is 0. The normalized spacial score (nSPS) is 11.5. The second kappa shape index (κ2) is 5.23. The van der Waals surface area contributed by atoms with Crippen molar-refractivity contribution in [3.05, 3.63) is 69.0 Å².